The lowest BCUT2D eigenvalue weighted by atomic mass is 9.92. The van der Waals surface area contributed by atoms with Crippen molar-refractivity contribution in [2.24, 2.45) is 0 Å². The average molecular weight is 707 g/mol. The number of aromatic nitrogens is 1. The molecule has 0 aliphatic rings. The zero-order chi connectivity index (χ0) is 37.7. The molecule has 0 radical (unpaired) electrons. The number of nitrogens with one attached hydrogen (secondary N) is 1. The fourth-order valence-corrected chi connectivity index (χ4v) is 7.85. The van der Waals surface area contributed by atoms with Crippen LogP contribution in [0.15, 0.2) is 188 Å². The van der Waals surface area contributed by atoms with Crippen LogP contribution < -0.4 is 5.73 Å². The molecule has 10 rings (SSSR count). The number of benzene rings is 9. The minimum Gasteiger partial charge on any atom is -0.399 e. The van der Waals surface area contributed by atoms with Crippen LogP contribution in [0.2, 0.25) is 0 Å². The minimum atomic E-state index is 0.713. The summed E-state index contributed by atoms with van der Waals surface area (Å²) in [6, 6.07) is 67.9. The van der Waals surface area contributed by atoms with Gasteiger partial charge in [0.05, 0.1) is 28.4 Å². The molecule has 0 amide bonds. The summed E-state index contributed by atoms with van der Waals surface area (Å²) in [6.45, 7) is 2.50. The third kappa shape index (κ3) is 6.56. The largest absolute Gasteiger partial charge is 0.399 e. The maximum absolute atomic E-state index is 9.14. The molecular formula is C51H38N4. The number of anilines is 1. The molecule has 0 atom stereocenters. The van der Waals surface area contributed by atoms with Crippen LogP contribution in [-0.4, -0.2) is 11.3 Å². The number of nitrogen functional groups attached to an aromatic ring is 1. The van der Waals surface area contributed by atoms with Crippen molar-refractivity contribution in [3.8, 4) is 22.9 Å². The van der Waals surface area contributed by atoms with E-state index < -0.39 is 0 Å². The lowest BCUT2D eigenvalue weighted by molar-refractivity contribution is 1.18. The maximum Gasteiger partial charge on any atom is 0.0991 e. The first-order chi connectivity index (χ1) is 27.2. The smallest absolute Gasteiger partial charge is 0.0991 e. The summed E-state index contributed by atoms with van der Waals surface area (Å²) < 4.78 is 2.35. The van der Waals surface area contributed by atoms with E-state index in [4.69, 9.17) is 16.4 Å². The maximum atomic E-state index is 9.14. The zero-order valence-electron chi connectivity index (χ0n) is 30.3. The summed E-state index contributed by atoms with van der Waals surface area (Å²) in [5, 5.41) is 24.9. The number of rotatable bonds is 4. The molecule has 1 heterocycles. The molecule has 0 unspecified atom stereocenters. The van der Waals surface area contributed by atoms with Gasteiger partial charge in [-0.05, 0) is 105 Å². The van der Waals surface area contributed by atoms with Gasteiger partial charge in [0.15, 0.2) is 0 Å². The molecule has 0 spiro atoms. The topological polar surface area (TPSA) is 78.6 Å². The fourth-order valence-electron chi connectivity index (χ4n) is 7.85. The molecule has 0 saturated heterocycles. The highest BCUT2D eigenvalue weighted by Gasteiger charge is 2.15. The van der Waals surface area contributed by atoms with E-state index >= 15 is 0 Å². The number of nitrogens with zero attached hydrogens (tertiary/aromatic N) is 2. The van der Waals surface area contributed by atoms with Crippen LogP contribution >= 0.6 is 0 Å². The molecule has 4 heteroatoms. The highest BCUT2D eigenvalue weighted by atomic mass is 15.0. The Kier molecular flexibility index (Phi) is 9.59. The molecule has 0 aliphatic heterocycles. The van der Waals surface area contributed by atoms with Crippen molar-refractivity contribution in [1.82, 2.24) is 4.57 Å². The summed E-state index contributed by atoms with van der Waals surface area (Å²) >= 11 is 0. The highest BCUT2D eigenvalue weighted by Crippen LogP contribution is 2.37. The number of nitrogens with two attached hydrogens (primary N) is 1. The number of hydrogen-bond donors (Lipinski definition) is 2. The van der Waals surface area contributed by atoms with Crippen LogP contribution in [0, 0.1) is 16.7 Å². The molecule has 10 aromatic rings. The van der Waals surface area contributed by atoms with Gasteiger partial charge in [0.25, 0.3) is 0 Å². The molecule has 0 saturated carbocycles. The Labute approximate surface area is 320 Å². The van der Waals surface area contributed by atoms with E-state index in [1.807, 2.05) is 36.4 Å². The standard InChI is InChI=1S/C26H17N.C24H18N2.CH3N/c27-17-20-7-5-6-18(15-20)14-19-12-13-25-23-10-2-1-8-21(23)22-9-3-4-11-24(22)26(25)16-19;25-18-9-7-8-17(16-18)19-10-1-4-13-22(19)26-23-14-5-2-11-20(23)21-12-3-6-15-24(21)26;1-2/h1-13,15-16H,14H2;1-16H,25H2;2H,1H2. The molecule has 9 aromatic carbocycles. The van der Waals surface area contributed by atoms with Crippen LogP contribution in [0.3, 0.4) is 0 Å². The lowest BCUT2D eigenvalue weighted by Crippen LogP contribution is -1.97. The monoisotopic (exact) mass is 706 g/mol. The Balaban J connectivity index is 0.000000149. The van der Waals surface area contributed by atoms with Crippen LogP contribution in [0.4, 0.5) is 5.69 Å². The van der Waals surface area contributed by atoms with Crippen molar-refractivity contribution in [2.45, 2.75) is 6.42 Å². The predicted octanol–water partition coefficient (Wildman–Crippen LogP) is 12.9. The molecule has 4 nitrogen and oxygen atoms in total. The predicted molar refractivity (Wildman–Crippen MR) is 233 cm³/mol. The fraction of sp³-hybridized carbons (Fsp3) is 0.0196. The van der Waals surface area contributed by atoms with E-state index in [0.717, 1.165) is 23.4 Å². The van der Waals surface area contributed by atoms with Crippen molar-refractivity contribution in [3.05, 3.63) is 205 Å². The van der Waals surface area contributed by atoms with Gasteiger partial charge in [0.2, 0.25) is 0 Å². The lowest BCUT2D eigenvalue weighted by Gasteiger charge is -2.14. The second-order valence-corrected chi connectivity index (χ2v) is 13.5. The Morgan fingerprint density at radius 1 is 0.473 bits per heavy atom. The summed E-state index contributed by atoms with van der Waals surface area (Å²) in [7, 11) is 0. The van der Waals surface area contributed by atoms with Crippen molar-refractivity contribution >= 4 is 66.5 Å². The van der Waals surface area contributed by atoms with Gasteiger partial charge in [0, 0.05) is 22.0 Å². The third-order valence-electron chi connectivity index (χ3n) is 10.2. The molecule has 262 valence electrons. The molecule has 0 bridgehead atoms. The zero-order valence-corrected chi connectivity index (χ0v) is 30.3. The number of hydrogen-bond acceptors (Lipinski definition) is 3. The quantitative estimate of drug-likeness (QED) is 0.109. The average Bonchev–Trinajstić information content (AvgIpc) is 3.59. The van der Waals surface area contributed by atoms with E-state index in [0.29, 0.717) is 5.56 Å². The molecular weight excluding hydrogens is 669 g/mol. The normalized spacial score (nSPS) is 10.8. The Morgan fingerprint density at radius 3 is 1.60 bits per heavy atom. The van der Waals surface area contributed by atoms with Gasteiger partial charge in [-0.15, -0.1) is 0 Å². The summed E-state index contributed by atoms with van der Waals surface area (Å²) in [5.74, 6) is 0. The van der Waals surface area contributed by atoms with Gasteiger partial charge in [-0.2, -0.15) is 5.26 Å². The van der Waals surface area contributed by atoms with Crippen molar-refractivity contribution < 1.29 is 0 Å². The Bertz CT molecular complexity index is 2950. The van der Waals surface area contributed by atoms with E-state index in [-0.39, 0.29) is 0 Å². The summed E-state index contributed by atoms with van der Waals surface area (Å²) in [5.41, 5.74) is 15.8. The van der Waals surface area contributed by atoms with Crippen LogP contribution in [-0.2, 0) is 6.42 Å². The first-order valence-corrected chi connectivity index (χ1v) is 18.3. The van der Waals surface area contributed by atoms with Crippen molar-refractivity contribution in [3.63, 3.8) is 0 Å². The van der Waals surface area contributed by atoms with Gasteiger partial charge in [-0.3, -0.25) is 0 Å². The SMILES string of the molecule is C=N.N#Cc1cccc(Cc2ccc3c4ccccc4c4ccccc4c3c2)c1.Nc1cccc(-c2ccccc2-n2c3ccccc3c3ccccc32)c1. The summed E-state index contributed by atoms with van der Waals surface area (Å²) in [6.07, 6.45) is 0.826. The van der Waals surface area contributed by atoms with Gasteiger partial charge in [-0.25, -0.2) is 0 Å². The van der Waals surface area contributed by atoms with E-state index in [2.05, 4.69) is 169 Å². The van der Waals surface area contributed by atoms with E-state index in [9.17, 15) is 0 Å². The Morgan fingerprint density at radius 2 is 0.982 bits per heavy atom. The molecule has 1 aromatic heterocycles. The second-order valence-electron chi connectivity index (χ2n) is 13.5. The number of para-hydroxylation sites is 3. The molecule has 3 N–H and O–H groups in total. The first-order valence-electron chi connectivity index (χ1n) is 18.3. The highest BCUT2D eigenvalue weighted by molar-refractivity contribution is 6.25. The Hall–Kier alpha value is -7.48. The van der Waals surface area contributed by atoms with Crippen molar-refractivity contribution in [1.29, 1.82) is 10.7 Å². The third-order valence-corrected chi connectivity index (χ3v) is 10.2. The number of fused-ring (bicyclic) bond motifs is 9. The van der Waals surface area contributed by atoms with E-state index in [1.54, 1.807) is 0 Å². The van der Waals surface area contributed by atoms with Crippen LogP contribution in [0.5, 0.6) is 0 Å². The summed E-state index contributed by atoms with van der Waals surface area (Å²) in [4.78, 5) is 0. The first kappa shape index (κ1) is 34.6. The van der Waals surface area contributed by atoms with Gasteiger partial charge < -0.3 is 15.7 Å². The van der Waals surface area contributed by atoms with Gasteiger partial charge >= 0.3 is 0 Å². The molecule has 55 heavy (non-hydrogen) atoms. The van der Waals surface area contributed by atoms with Gasteiger partial charge in [-0.1, -0.05) is 146 Å². The van der Waals surface area contributed by atoms with E-state index in [1.165, 1.54) is 70.8 Å². The molecule has 0 aliphatic carbocycles. The van der Waals surface area contributed by atoms with Crippen LogP contribution in [0.25, 0.3) is 70.9 Å². The number of nitriles is 1. The van der Waals surface area contributed by atoms with Crippen molar-refractivity contribution in [2.75, 3.05) is 5.73 Å². The van der Waals surface area contributed by atoms with Crippen LogP contribution in [0.1, 0.15) is 16.7 Å². The minimum absolute atomic E-state index is 0.713. The second kappa shape index (κ2) is 15.2. The molecule has 0 fully saturated rings. The van der Waals surface area contributed by atoms with Gasteiger partial charge in [0.1, 0.15) is 0 Å².